The van der Waals surface area contributed by atoms with Crippen LogP contribution >= 0.6 is 0 Å². The first kappa shape index (κ1) is 12.3. The number of nitrogens with two attached hydrogens (primary N) is 1. The second-order valence-corrected chi connectivity index (χ2v) is 5.68. The molecule has 2 heteroatoms. The second-order valence-electron chi connectivity index (χ2n) is 5.68. The van der Waals surface area contributed by atoms with Gasteiger partial charge in [-0.3, -0.25) is 0 Å². The molecule has 3 N–H and O–H groups in total. The molecule has 2 nitrogen and oxygen atoms in total. The van der Waals surface area contributed by atoms with E-state index in [1.807, 2.05) is 6.07 Å². The van der Waals surface area contributed by atoms with E-state index in [0.29, 0.717) is 6.04 Å². The number of nitrogen functional groups attached to an aromatic ring is 1. The number of rotatable bonds is 2. The van der Waals surface area contributed by atoms with E-state index in [1.165, 1.54) is 24.9 Å². The number of hydrogen-bond acceptors (Lipinski definition) is 2. The first-order valence-electron chi connectivity index (χ1n) is 6.69. The van der Waals surface area contributed by atoms with Crippen LogP contribution < -0.4 is 11.1 Å². The summed E-state index contributed by atoms with van der Waals surface area (Å²) < 4.78 is 0. The van der Waals surface area contributed by atoms with Crippen molar-refractivity contribution in [1.82, 2.24) is 0 Å². The minimum absolute atomic E-state index is 0.629. The Bertz CT molecular complexity index is 387. The zero-order valence-electron chi connectivity index (χ0n) is 11.2. The second kappa shape index (κ2) is 4.99. The SMILES string of the molecule is Cc1cc(NC2CCC(C)C(C)C2)ccc1N. The monoisotopic (exact) mass is 232 g/mol. The molecule has 1 aliphatic carbocycles. The summed E-state index contributed by atoms with van der Waals surface area (Å²) in [6.45, 7) is 6.80. The highest BCUT2D eigenvalue weighted by molar-refractivity contribution is 5.57. The summed E-state index contributed by atoms with van der Waals surface area (Å²) in [6.07, 6.45) is 3.91. The minimum atomic E-state index is 0.629. The lowest BCUT2D eigenvalue weighted by atomic mass is 9.79. The fourth-order valence-electron chi connectivity index (χ4n) is 2.68. The third-order valence-electron chi connectivity index (χ3n) is 4.24. The standard InChI is InChI=1S/C15H24N2/c1-10-4-5-13(8-11(10)2)17-14-6-7-15(16)12(3)9-14/h6-7,9-11,13,17H,4-5,8,16H2,1-3H3. The molecular weight excluding hydrogens is 208 g/mol. The van der Waals surface area contributed by atoms with Gasteiger partial charge in [0.05, 0.1) is 0 Å². The summed E-state index contributed by atoms with van der Waals surface area (Å²) in [5.74, 6) is 1.71. The van der Waals surface area contributed by atoms with E-state index >= 15 is 0 Å². The molecule has 0 radical (unpaired) electrons. The Morgan fingerprint density at radius 1 is 1.18 bits per heavy atom. The van der Waals surface area contributed by atoms with Gasteiger partial charge in [-0.25, -0.2) is 0 Å². The number of nitrogens with one attached hydrogen (secondary N) is 1. The van der Waals surface area contributed by atoms with Crippen molar-refractivity contribution in [3.63, 3.8) is 0 Å². The van der Waals surface area contributed by atoms with Crippen molar-refractivity contribution in [2.45, 2.75) is 46.1 Å². The Labute approximate surface area is 105 Å². The highest BCUT2D eigenvalue weighted by Gasteiger charge is 2.24. The predicted octanol–water partition coefficient (Wildman–Crippen LogP) is 3.81. The number of hydrogen-bond donors (Lipinski definition) is 2. The van der Waals surface area contributed by atoms with Gasteiger partial charge in [0.2, 0.25) is 0 Å². The maximum Gasteiger partial charge on any atom is 0.0346 e. The van der Waals surface area contributed by atoms with Gasteiger partial charge in [0.1, 0.15) is 0 Å². The highest BCUT2D eigenvalue weighted by atomic mass is 14.9. The van der Waals surface area contributed by atoms with Crippen molar-refractivity contribution in [1.29, 1.82) is 0 Å². The summed E-state index contributed by atoms with van der Waals surface area (Å²) in [5, 5.41) is 3.64. The number of benzene rings is 1. The van der Waals surface area contributed by atoms with E-state index in [0.717, 1.165) is 23.1 Å². The number of aryl methyl sites for hydroxylation is 1. The quantitative estimate of drug-likeness (QED) is 0.761. The van der Waals surface area contributed by atoms with Gasteiger partial charge in [0, 0.05) is 17.4 Å². The summed E-state index contributed by atoms with van der Waals surface area (Å²) in [5.41, 5.74) is 9.08. The first-order chi connectivity index (χ1) is 8.06. The smallest absolute Gasteiger partial charge is 0.0346 e. The lowest BCUT2D eigenvalue weighted by molar-refractivity contribution is 0.261. The van der Waals surface area contributed by atoms with E-state index in [9.17, 15) is 0 Å². The Kier molecular flexibility index (Phi) is 3.60. The Hall–Kier alpha value is -1.18. The van der Waals surface area contributed by atoms with Crippen molar-refractivity contribution in [2.75, 3.05) is 11.1 Å². The van der Waals surface area contributed by atoms with Crippen molar-refractivity contribution < 1.29 is 0 Å². The molecule has 0 aromatic heterocycles. The molecule has 1 fully saturated rings. The summed E-state index contributed by atoms with van der Waals surface area (Å²) in [4.78, 5) is 0. The normalized spacial score (nSPS) is 29.0. The lowest BCUT2D eigenvalue weighted by Crippen LogP contribution is -2.30. The molecule has 0 saturated heterocycles. The van der Waals surface area contributed by atoms with Crippen molar-refractivity contribution >= 4 is 11.4 Å². The molecule has 0 heterocycles. The van der Waals surface area contributed by atoms with Crippen LogP contribution in [-0.2, 0) is 0 Å². The zero-order valence-corrected chi connectivity index (χ0v) is 11.2. The average Bonchev–Trinajstić information content (AvgIpc) is 2.29. The largest absolute Gasteiger partial charge is 0.399 e. The highest BCUT2D eigenvalue weighted by Crippen LogP contribution is 2.31. The zero-order chi connectivity index (χ0) is 12.4. The van der Waals surface area contributed by atoms with Crippen LogP contribution in [0.2, 0.25) is 0 Å². The molecule has 0 spiro atoms. The third kappa shape index (κ3) is 2.93. The van der Waals surface area contributed by atoms with Crippen LogP contribution in [0.1, 0.15) is 38.7 Å². The van der Waals surface area contributed by atoms with Crippen LogP contribution in [0.4, 0.5) is 11.4 Å². The average molecular weight is 232 g/mol. The molecule has 1 aromatic carbocycles. The van der Waals surface area contributed by atoms with Gasteiger partial charge in [0.15, 0.2) is 0 Å². The molecule has 1 saturated carbocycles. The van der Waals surface area contributed by atoms with Gasteiger partial charge in [-0.05, 0) is 61.8 Å². The predicted molar refractivity (Wildman–Crippen MR) is 75.2 cm³/mol. The molecule has 17 heavy (non-hydrogen) atoms. The molecular formula is C15H24N2. The summed E-state index contributed by atoms with van der Waals surface area (Å²) >= 11 is 0. The van der Waals surface area contributed by atoms with Crippen LogP contribution in [0.5, 0.6) is 0 Å². The molecule has 0 aliphatic heterocycles. The molecule has 1 aliphatic rings. The van der Waals surface area contributed by atoms with E-state index < -0.39 is 0 Å². The summed E-state index contributed by atoms with van der Waals surface area (Å²) in [7, 11) is 0. The molecule has 94 valence electrons. The van der Waals surface area contributed by atoms with Crippen LogP contribution in [0.15, 0.2) is 18.2 Å². The fraction of sp³-hybridized carbons (Fsp3) is 0.600. The van der Waals surface area contributed by atoms with Crippen molar-refractivity contribution in [3.8, 4) is 0 Å². The molecule has 3 unspecified atom stereocenters. The lowest BCUT2D eigenvalue weighted by Gasteiger charge is -2.33. The molecule has 1 aromatic rings. The Morgan fingerprint density at radius 2 is 1.94 bits per heavy atom. The van der Waals surface area contributed by atoms with Crippen LogP contribution in [0.3, 0.4) is 0 Å². The van der Waals surface area contributed by atoms with Crippen LogP contribution in [0.25, 0.3) is 0 Å². The third-order valence-corrected chi connectivity index (χ3v) is 4.24. The Morgan fingerprint density at radius 3 is 2.59 bits per heavy atom. The number of anilines is 2. The maximum absolute atomic E-state index is 5.83. The van der Waals surface area contributed by atoms with Crippen LogP contribution in [0, 0.1) is 18.8 Å². The van der Waals surface area contributed by atoms with Crippen molar-refractivity contribution in [3.05, 3.63) is 23.8 Å². The first-order valence-corrected chi connectivity index (χ1v) is 6.69. The minimum Gasteiger partial charge on any atom is -0.399 e. The van der Waals surface area contributed by atoms with Crippen LogP contribution in [-0.4, -0.2) is 6.04 Å². The van der Waals surface area contributed by atoms with Gasteiger partial charge in [0.25, 0.3) is 0 Å². The topological polar surface area (TPSA) is 38.0 Å². The molecule has 3 atom stereocenters. The molecule has 0 bridgehead atoms. The van der Waals surface area contributed by atoms with E-state index in [2.05, 4.69) is 38.2 Å². The maximum atomic E-state index is 5.83. The van der Waals surface area contributed by atoms with E-state index in [1.54, 1.807) is 0 Å². The van der Waals surface area contributed by atoms with E-state index in [4.69, 9.17) is 5.73 Å². The Balaban J connectivity index is 1.99. The summed E-state index contributed by atoms with van der Waals surface area (Å²) in [6, 6.07) is 6.86. The van der Waals surface area contributed by atoms with Gasteiger partial charge < -0.3 is 11.1 Å². The molecule has 2 rings (SSSR count). The van der Waals surface area contributed by atoms with Crippen molar-refractivity contribution in [2.24, 2.45) is 11.8 Å². The molecule has 0 amide bonds. The van der Waals surface area contributed by atoms with Gasteiger partial charge >= 0.3 is 0 Å². The fourth-order valence-corrected chi connectivity index (χ4v) is 2.68. The van der Waals surface area contributed by atoms with Gasteiger partial charge in [-0.1, -0.05) is 13.8 Å². The van der Waals surface area contributed by atoms with Gasteiger partial charge in [-0.15, -0.1) is 0 Å². The van der Waals surface area contributed by atoms with Gasteiger partial charge in [-0.2, -0.15) is 0 Å². The van der Waals surface area contributed by atoms with E-state index in [-0.39, 0.29) is 0 Å².